The van der Waals surface area contributed by atoms with Crippen LogP contribution in [-0.4, -0.2) is 96.6 Å². The lowest BCUT2D eigenvalue weighted by Crippen LogP contribution is -2.47. The van der Waals surface area contributed by atoms with Gasteiger partial charge in [0.1, 0.15) is 6.04 Å². The van der Waals surface area contributed by atoms with Gasteiger partial charge in [0.25, 0.3) is 6.43 Å². The molecule has 0 radical (unpaired) electrons. The zero-order chi connectivity index (χ0) is 33.6. The van der Waals surface area contributed by atoms with Gasteiger partial charge in [0.2, 0.25) is 27.8 Å². The van der Waals surface area contributed by atoms with Crippen molar-refractivity contribution in [3.8, 4) is 5.75 Å². The quantitative estimate of drug-likeness (QED) is 0.211. The second-order valence-corrected chi connectivity index (χ2v) is 14.1. The van der Waals surface area contributed by atoms with Crippen molar-refractivity contribution in [2.75, 3.05) is 49.1 Å². The lowest BCUT2D eigenvalue weighted by atomic mass is 9.88. The van der Waals surface area contributed by atoms with Crippen LogP contribution in [0.15, 0.2) is 30.6 Å². The highest BCUT2D eigenvalue weighted by Gasteiger charge is 2.30. The lowest BCUT2D eigenvalue weighted by Gasteiger charge is -2.33. The molecule has 4 heterocycles. The minimum absolute atomic E-state index is 0.0269. The Morgan fingerprint density at radius 1 is 0.957 bits per heavy atom. The van der Waals surface area contributed by atoms with Gasteiger partial charge in [-0.1, -0.05) is 6.07 Å². The Labute approximate surface area is 270 Å². The second kappa shape index (κ2) is 15.6. The summed E-state index contributed by atoms with van der Waals surface area (Å²) in [5, 5.41) is 8.21. The van der Waals surface area contributed by atoms with Crippen molar-refractivity contribution in [2.45, 2.75) is 76.0 Å². The van der Waals surface area contributed by atoms with Crippen LogP contribution in [0.1, 0.15) is 68.4 Å². The van der Waals surface area contributed by atoms with Crippen LogP contribution in [0.25, 0.3) is 0 Å². The molecule has 1 aromatic carbocycles. The van der Waals surface area contributed by atoms with E-state index in [-0.39, 0.29) is 59.4 Å². The number of alkyl halides is 4. The highest BCUT2D eigenvalue weighted by atomic mass is 32.2. The summed E-state index contributed by atoms with van der Waals surface area (Å²) in [5.41, 5.74) is 0.809. The number of carbonyl (C=O) groups is 2. The average molecular weight is 686 g/mol. The summed E-state index contributed by atoms with van der Waals surface area (Å²) in [5.74, 6) is -0.676. The van der Waals surface area contributed by atoms with Crippen LogP contribution >= 0.6 is 0 Å². The summed E-state index contributed by atoms with van der Waals surface area (Å²) >= 11 is 0. The molecular weight excluding hydrogens is 646 g/mol. The maximum atomic E-state index is 14.0. The molecule has 3 N–H and O–H groups in total. The Bertz CT molecular complexity index is 1490. The number of anilines is 2. The van der Waals surface area contributed by atoms with Gasteiger partial charge in [-0.3, -0.25) is 14.9 Å². The molecule has 0 spiro atoms. The maximum absolute atomic E-state index is 14.0. The Morgan fingerprint density at radius 3 is 2.30 bits per heavy atom. The molecule has 2 aromatic rings. The molecular formula is C30H39F4N7O5S. The monoisotopic (exact) mass is 685 g/mol. The number of ether oxygens (including phenoxy) is 1. The Hall–Kier alpha value is -3.57. The number of hydrogen-bond donors (Lipinski definition) is 3. The van der Waals surface area contributed by atoms with Gasteiger partial charge in [-0.2, -0.15) is 8.78 Å². The fourth-order valence-electron chi connectivity index (χ4n) is 6.27. The summed E-state index contributed by atoms with van der Waals surface area (Å²) < 4.78 is 84.3. The van der Waals surface area contributed by atoms with Crippen molar-refractivity contribution in [1.29, 1.82) is 0 Å². The predicted octanol–water partition coefficient (Wildman–Crippen LogP) is 3.71. The number of imide groups is 1. The molecule has 3 saturated heterocycles. The Morgan fingerprint density at radius 2 is 1.66 bits per heavy atom. The zero-order valence-electron chi connectivity index (χ0n) is 25.7. The van der Waals surface area contributed by atoms with Crippen molar-refractivity contribution in [1.82, 2.24) is 24.5 Å². The fraction of sp³-hybridized carbons (Fsp3) is 0.600. The first kappa shape index (κ1) is 34.8. The molecule has 1 unspecified atom stereocenters. The predicted molar refractivity (Wildman–Crippen MR) is 165 cm³/mol. The number of benzene rings is 1. The number of amides is 2. The molecule has 1 aromatic heterocycles. The Balaban J connectivity index is 1.03. The maximum Gasteiger partial charge on any atom is 0.387 e. The highest BCUT2D eigenvalue weighted by molar-refractivity contribution is 7.89. The minimum atomic E-state index is -3.44. The number of rotatable bonds is 13. The molecule has 47 heavy (non-hydrogen) atoms. The van der Waals surface area contributed by atoms with E-state index in [1.807, 2.05) is 0 Å². The number of carbonyl (C=O) groups excluding carboxylic acids is 2. The van der Waals surface area contributed by atoms with Crippen LogP contribution in [0.4, 0.5) is 29.2 Å². The summed E-state index contributed by atoms with van der Waals surface area (Å²) in [6.45, 7) is -0.209. The fourth-order valence-corrected chi connectivity index (χ4v) is 7.79. The number of nitrogens with zero attached hydrogens (tertiary/aromatic N) is 4. The molecule has 3 aliphatic rings. The van der Waals surface area contributed by atoms with Crippen molar-refractivity contribution in [3.05, 3.63) is 41.7 Å². The van der Waals surface area contributed by atoms with Gasteiger partial charge in [-0.05, 0) is 81.8 Å². The smallest absolute Gasteiger partial charge is 0.387 e. The number of piperidine rings is 3. The largest absolute Gasteiger partial charge is 0.432 e. The van der Waals surface area contributed by atoms with E-state index >= 15 is 0 Å². The van der Waals surface area contributed by atoms with Gasteiger partial charge < -0.3 is 20.3 Å². The van der Waals surface area contributed by atoms with Crippen LogP contribution in [0.2, 0.25) is 0 Å². The number of sulfonamides is 1. The minimum Gasteiger partial charge on any atom is -0.432 e. The van der Waals surface area contributed by atoms with E-state index in [0.717, 1.165) is 43.9 Å². The van der Waals surface area contributed by atoms with Crippen LogP contribution in [0.3, 0.4) is 0 Å². The van der Waals surface area contributed by atoms with E-state index in [2.05, 4.69) is 35.6 Å². The molecule has 17 heteroatoms. The average Bonchev–Trinajstić information content (AvgIpc) is 3.04. The van der Waals surface area contributed by atoms with Crippen molar-refractivity contribution in [2.24, 2.45) is 0 Å². The van der Waals surface area contributed by atoms with E-state index in [4.69, 9.17) is 0 Å². The van der Waals surface area contributed by atoms with Gasteiger partial charge in [0.15, 0.2) is 5.75 Å². The molecule has 5 rings (SSSR count). The summed E-state index contributed by atoms with van der Waals surface area (Å²) in [7, 11) is -3.44. The second-order valence-electron chi connectivity index (χ2n) is 12.0. The summed E-state index contributed by atoms with van der Waals surface area (Å²) in [4.78, 5) is 33.6. The third-order valence-electron chi connectivity index (χ3n) is 8.85. The molecule has 12 nitrogen and oxygen atoms in total. The normalized spacial score (nSPS) is 20.9. The molecule has 1 atom stereocenters. The van der Waals surface area contributed by atoms with Gasteiger partial charge in [-0.15, -0.1) is 0 Å². The number of hydrogen-bond acceptors (Lipinski definition) is 10. The van der Waals surface area contributed by atoms with Crippen molar-refractivity contribution >= 4 is 33.5 Å². The molecule has 3 aliphatic heterocycles. The van der Waals surface area contributed by atoms with E-state index in [0.29, 0.717) is 38.9 Å². The lowest BCUT2D eigenvalue weighted by molar-refractivity contribution is -0.133. The molecule has 0 aliphatic carbocycles. The van der Waals surface area contributed by atoms with E-state index < -0.39 is 35.0 Å². The molecule has 2 amide bonds. The Kier molecular flexibility index (Phi) is 11.5. The van der Waals surface area contributed by atoms with Crippen molar-refractivity contribution in [3.63, 3.8) is 0 Å². The number of likely N-dealkylation sites (tertiary alicyclic amines) is 1. The molecule has 0 saturated carbocycles. The SMILES string of the molecule is O=C1CCC(Nc2ccc(C3CCN(CCCS(=O)(=O)N4CCC(Nc5ncc(OC(F)F)cn5)CC4)CC3)cc2C(F)F)C(=O)N1. The van der Waals surface area contributed by atoms with E-state index in [1.165, 1.54) is 10.4 Å². The number of halogens is 4. The molecule has 0 bridgehead atoms. The number of aromatic nitrogens is 2. The highest BCUT2D eigenvalue weighted by Crippen LogP contribution is 2.35. The van der Waals surface area contributed by atoms with Gasteiger partial charge in [0.05, 0.1) is 18.1 Å². The molecule has 3 fully saturated rings. The number of nitrogens with one attached hydrogen (secondary N) is 3. The van der Waals surface area contributed by atoms with Gasteiger partial charge in [-0.25, -0.2) is 31.5 Å². The van der Waals surface area contributed by atoms with Gasteiger partial charge in [0, 0.05) is 36.8 Å². The third-order valence-corrected chi connectivity index (χ3v) is 10.8. The van der Waals surface area contributed by atoms with E-state index in [1.54, 1.807) is 12.1 Å². The third kappa shape index (κ3) is 9.50. The summed E-state index contributed by atoms with van der Waals surface area (Å²) in [6, 6.07) is 4.08. The topological polar surface area (TPSA) is 146 Å². The summed E-state index contributed by atoms with van der Waals surface area (Å²) in [6.07, 6.45) is 3.02. The zero-order valence-corrected chi connectivity index (χ0v) is 26.5. The van der Waals surface area contributed by atoms with Gasteiger partial charge >= 0.3 is 6.61 Å². The first-order valence-electron chi connectivity index (χ1n) is 15.7. The standard InChI is InChI=1S/C30H39F4N7O5S/c31-27(32)23-16-20(2-3-24(23)38-25-4-5-26(42)39-28(25)43)19-6-11-40(12-7-19)10-1-15-47(44,45)41-13-8-21(9-14-41)37-30-35-17-22(18-36-30)46-29(33)34/h2-3,16-19,21,25,27,29,38H,1,4-15H2,(H,35,36,37)(H,39,42,43). The first-order valence-corrected chi connectivity index (χ1v) is 17.3. The van der Waals surface area contributed by atoms with E-state index in [9.17, 15) is 35.6 Å². The van der Waals surface area contributed by atoms with Crippen LogP contribution in [0, 0.1) is 0 Å². The van der Waals surface area contributed by atoms with Crippen LogP contribution < -0.4 is 20.7 Å². The van der Waals surface area contributed by atoms with Crippen LogP contribution in [-0.2, 0) is 19.6 Å². The van der Waals surface area contributed by atoms with Crippen molar-refractivity contribution < 1.29 is 40.3 Å². The first-order chi connectivity index (χ1) is 22.5. The van der Waals surface area contributed by atoms with Crippen LogP contribution in [0.5, 0.6) is 5.75 Å². The molecule has 258 valence electrons.